The normalized spacial score (nSPS) is 18.6. The molecule has 0 saturated carbocycles. The molecule has 0 spiro atoms. The highest BCUT2D eigenvalue weighted by Gasteiger charge is 1.96. The van der Waals surface area contributed by atoms with E-state index >= 15 is 0 Å². The number of hydrogen-bond donors (Lipinski definition) is 0. The van der Waals surface area contributed by atoms with E-state index in [0.717, 1.165) is 16.9 Å². The van der Waals surface area contributed by atoms with Gasteiger partial charge in [-0.05, 0) is 30.2 Å². The van der Waals surface area contributed by atoms with Crippen molar-refractivity contribution in [2.24, 2.45) is 9.98 Å². The summed E-state index contributed by atoms with van der Waals surface area (Å²) in [5.74, 6) is -0.201. The van der Waals surface area contributed by atoms with Crippen molar-refractivity contribution < 1.29 is 4.79 Å². The van der Waals surface area contributed by atoms with Crippen molar-refractivity contribution >= 4 is 17.8 Å². The maximum absolute atomic E-state index is 10.8. The largest absolute Gasteiger partial charge is 0.293 e. The van der Waals surface area contributed by atoms with Crippen molar-refractivity contribution in [2.45, 2.75) is 13.8 Å². The lowest BCUT2D eigenvalue weighted by molar-refractivity contribution is -0.115. The van der Waals surface area contributed by atoms with Gasteiger partial charge in [0.2, 0.25) is 5.91 Å². The van der Waals surface area contributed by atoms with Crippen LogP contribution in [0, 0.1) is 0 Å². The first-order chi connectivity index (χ1) is 8.11. The van der Waals surface area contributed by atoms with Crippen LogP contribution in [-0.4, -0.2) is 24.9 Å². The lowest BCUT2D eigenvalue weighted by Gasteiger charge is -1.96. The Morgan fingerprint density at radius 1 is 1.24 bits per heavy atom. The maximum Gasteiger partial charge on any atom is 0.242 e. The van der Waals surface area contributed by atoms with Crippen molar-refractivity contribution in [1.29, 1.82) is 0 Å². The van der Waals surface area contributed by atoms with Gasteiger partial charge in [-0.2, -0.15) is 0 Å². The summed E-state index contributed by atoms with van der Waals surface area (Å²) in [6.45, 7) is 3.37. The van der Waals surface area contributed by atoms with E-state index in [9.17, 15) is 4.79 Å². The zero-order valence-electron chi connectivity index (χ0n) is 10.3. The van der Waals surface area contributed by atoms with Crippen LogP contribution in [0.1, 0.15) is 13.8 Å². The maximum atomic E-state index is 10.8. The molecule has 0 radical (unpaired) electrons. The van der Waals surface area contributed by atoms with Gasteiger partial charge in [-0.15, -0.1) is 0 Å². The molecule has 3 nitrogen and oxygen atoms in total. The number of carbonyl (C=O) groups is 1. The van der Waals surface area contributed by atoms with Crippen molar-refractivity contribution in [2.75, 3.05) is 7.05 Å². The first-order valence-corrected chi connectivity index (χ1v) is 5.38. The Hall–Kier alpha value is -2.03. The van der Waals surface area contributed by atoms with E-state index < -0.39 is 0 Å². The molecule has 0 atom stereocenters. The summed E-state index contributed by atoms with van der Waals surface area (Å²) >= 11 is 0. The molecular weight excluding hydrogens is 212 g/mol. The number of aliphatic imine (C=N–C) groups is 2. The van der Waals surface area contributed by atoms with Crippen LogP contribution < -0.4 is 0 Å². The zero-order chi connectivity index (χ0) is 12.7. The van der Waals surface area contributed by atoms with Crippen LogP contribution in [0.3, 0.4) is 0 Å². The van der Waals surface area contributed by atoms with E-state index in [1.54, 1.807) is 13.3 Å². The van der Waals surface area contributed by atoms with Gasteiger partial charge in [0.25, 0.3) is 0 Å². The molecule has 0 fully saturated rings. The minimum absolute atomic E-state index is 0.201. The van der Waals surface area contributed by atoms with Crippen LogP contribution >= 0.6 is 0 Å². The number of nitrogens with zero attached hydrogens (tertiary/aromatic N) is 2. The van der Waals surface area contributed by atoms with Gasteiger partial charge in [0.05, 0.1) is 0 Å². The Morgan fingerprint density at radius 3 is 2.59 bits per heavy atom. The highest BCUT2D eigenvalue weighted by Crippen LogP contribution is 2.09. The monoisotopic (exact) mass is 228 g/mol. The van der Waals surface area contributed by atoms with E-state index in [0.29, 0.717) is 0 Å². The molecule has 1 aliphatic rings. The zero-order valence-corrected chi connectivity index (χ0v) is 10.3. The lowest BCUT2D eigenvalue weighted by atomic mass is 10.1. The van der Waals surface area contributed by atoms with Gasteiger partial charge >= 0.3 is 0 Å². The van der Waals surface area contributed by atoms with Crippen LogP contribution in [0.5, 0.6) is 0 Å². The van der Waals surface area contributed by atoms with Crippen molar-refractivity contribution in [3.63, 3.8) is 0 Å². The highest BCUT2D eigenvalue weighted by molar-refractivity contribution is 5.96. The quantitative estimate of drug-likeness (QED) is 0.670. The van der Waals surface area contributed by atoms with Crippen molar-refractivity contribution in [1.82, 2.24) is 0 Å². The molecule has 0 aromatic heterocycles. The first kappa shape index (κ1) is 13.0. The third-order valence-electron chi connectivity index (χ3n) is 2.15. The van der Waals surface area contributed by atoms with Gasteiger partial charge < -0.3 is 0 Å². The van der Waals surface area contributed by atoms with Gasteiger partial charge in [-0.3, -0.25) is 9.79 Å². The fourth-order valence-corrected chi connectivity index (χ4v) is 1.26. The minimum atomic E-state index is -0.201. The summed E-state index contributed by atoms with van der Waals surface area (Å²) in [5.41, 5.74) is 2.87. The molecule has 0 aromatic carbocycles. The van der Waals surface area contributed by atoms with Crippen molar-refractivity contribution in [3.8, 4) is 0 Å². The van der Waals surface area contributed by atoms with Crippen LogP contribution in [0.25, 0.3) is 0 Å². The predicted molar refractivity (Wildman–Crippen MR) is 72.7 cm³/mol. The number of rotatable bonds is 2. The fraction of sp³-hybridized carbons (Fsp3) is 0.214. The van der Waals surface area contributed by atoms with E-state index in [-0.39, 0.29) is 5.91 Å². The predicted octanol–water partition coefficient (Wildman–Crippen LogP) is 2.67. The Labute approximate surface area is 102 Å². The molecule has 88 valence electrons. The second kappa shape index (κ2) is 6.53. The van der Waals surface area contributed by atoms with Crippen LogP contribution in [0.4, 0.5) is 0 Å². The second-order valence-corrected chi connectivity index (χ2v) is 3.65. The fourth-order valence-electron chi connectivity index (χ4n) is 1.26. The molecule has 1 aliphatic carbocycles. The Balaban J connectivity index is 2.99. The van der Waals surface area contributed by atoms with Gasteiger partial charge in [-0.1, -0.05) is 24.3 Å². The number of carbonyl (C=O) groups excluding carboxylic acids is 1. The lowest BCUT2D eigenvalue weighted by Crippen LogP contribution is -1.89. The van der Waals surface area contributed by atoms with E-state index in [2.05, 4.69) is 9.98 Å². The SMILES string of the molecule is CN=C(C)/C=C1\C=CC=CC(C=NC(C)=O)=C1. The van der Waals surface area contributed by atoms with E-state index in [1.807, 2.05) is 43.4 Å². The molecule has 0 bridgehead atoms. The summed E-state index contributed by atoms with van der Waals surface area (Å²) in [6.07, 6.45) is 13.3. The molecule has 0 saturated heterocycles. The summed E-state index contributed by atoms with van der Waals surface area (Å²) < 4.78 is 0. The molecule has 1 amide bonds. The minimum Gasteiger partial charge on any atom is -0.293 e. The molecular formula is C14H16N2O. The molecule has 1 rings (SSSR count). The smallest absolute Gasteiger partial charge is 0.242 e. The van der Waals surface area contributed by atoms with E-state index in [4.69, 9.17) is 0 Å². The topological polar surface area (TPSA) is 41.8 Å². The third kappa shape index (κ3) is 5.02. The summed E-state index contributed by atoms with van der Waals surface area (Å²) in [5, 5.41) is 0. The summed E-state index contributed by atoms with van der Waals surface area (Å²) in [4.78, 5) is 18.6. The third-order valence-corrected chi connectivity index (χ3v) is 2.15. The molecule has 0 unspecified atom stereocenters. The highest BCUT2D eigenvalue weighted by atomic mass is 16.1. The van der Waals surface area contributed by atoms with Crippen LogP contribution in [-0.2, 0) is 4.79 Å². The molecule has 0 N–H and O–H groups in total. The Bertz CT molecular complexity index is 474. The number of allylic oxidation sites excluding steroid dienone is 8. The van der Waals surface area contributed by atoms with E-state index in [1.165, 1.54) is 6.92 Å². The van der Waals surface area contributed by atoms with Crippen molar-refractivity contribution in [3.05, 3.63) is 47.6 Å². The molecule has 3 heteroatoms. The number of hydrogen-bond acceptors (Lipinski definition) is 2. The van der Waals surface area contributed by atoms with Gasteiger partial charge in [0, 0.05) is 25.9 Å². The molecule has 0 aromatic rings. The molecule has 0 aliphatic heterocycles. The van der Waals surface area contributed by atoms with Crippen LogP contribution in [0.15, 0.2) is 57.6 Å². The van der Waals surface area contributed by atoms with Crippen LogP contribution in [0.2, 0.25) is 0 Å². The number of amides is 1. The Morgan fingerprint density at radius 2 is 1.94 bits per heavy atom. The molecule has 17 heavy (non-hydrogen) atoms. The first-order valence-electron chi connectivity index (χ1n) is 5.38. The summed E-state index contributed by atoms with van der Waals surface area (Å²) in [7, 11) is 1.76. The Kier molecular flexibility index (Phi) is 5.01. The van der Waals surface area contributed by atoms with Gasteiger partial charge in [-0.25, -0.2) is 4.99 Å². The second-order valence-electron chi connectivity index (χ2n) is 3.65. The summed E-state index contributed by atoms with van der Waals surface area (Å²) in [6, 6.07) is 0. The average Bonchev–Trinajstić information content (AvgIpc) is 2.51. The van der Waals surface area contributed by atoms with Gasteiger partial charge in [0.15, 0.2) is 0 Å². The standard InChI is InChI=1S/C14H16N2O/c1-11(15-3)8-13-6-4-5-7-14(9-13)10-16-12(2)17/h4-10H,1-3H3/b13-8+,15-11?,16-10?. The molecule has 0 heterocycles. The van der Waals surface area contributed by atoms with Gasteiger partial charge in [0.1, 0.15) is 0 Å². The average molecular weight is 228 g/mol.